The second kappa shape index (κ2) is 9.47. The van der Waals surface area contributed by atoms with Crippen molar-refractivity contribution >= 4 is 17.5 Å². The molecule has 1 unspecified atom stereocenters. The van der Waals surface area contributed by atoms with Crippen molar-refractivity contribution in [2.75, 3.05) is 5.32 Å². The molecule has 3 aromatic rings. The van der Waals surface area contributed by atoms with E-state index in [0.29, 0.717) is 17.0 Å². The lowest BCUT2D eigenvalue weighted by molar-refractivity contribution is -0.122. The Balaban J connectivity index is 1.66. The number of hydrogen-bond donors (Lipinski definition) is 2. The molecule has 2 N–H and O–H groups in total. The van der Waals surface area contributed by atoms with Crippen LogP contribution in [0.4, 0.5) is 5.69 Å². The zero-order chi connectivity index (χ0) is 22.4. The molecule has 0 radical (unpaired) electrons. The molecular weight excluding hydrogens is 388 g/mol. The summed E-state index contributed by atoms with van der Waals surface area (Å²) < 4.78 is 5.81. The maximum absolute atomic E-state index is 12.7. The third-order valence-corrected chi connectivity index (χ3v) is 4.56. The molecule has 31 heavy (non-hydrogen) atoms. The van der Waals surface area contributed by atoms with Crippen LogP contribution in [0.15, 0.2) is 78.9 Å². The van der Waals surface area contributed by atoms with Crippen molar-refractivity contribution in [2.24, 2.45) is 0 Å². The van der Waals surface area contributed by atoms with Gasteiger partial charge in [-0.2, -0.15) is 0 Å². The van der Waals surface area contributed by atoms with Crippen molar-refractivity contribution in [3.05, 3.63) is 84.4 Å². The van der Waals surface area contributed by atoms with Crippen LogP contribution >= 0.6 is 0 Å². The quantitative estimate of drug-likeness (QED) is 0.574. The number of para-hydroxylation sites is 1. The van der Waals surface area contributed by atoms with Gasteiger partial charge in [-0.1, -0.05) is 54.6 Å². The highest BCUT2D eigenvalue weighted by atomic mass is 16.5. The molecule has 0 saturated heterocycles. The molecule has 0 aromatic heterocycles. The van der Waals surface area contributed by atoms with Gasteiger partial charge in [-0.15, -0.1) is 0 Å². The van der Waals surface area contributed by atoms with Gasteiger partial charge in [-0.25, -0.2) is 0 Å². The van der Waals surface area contributed by atoms with Crippen molar-refractivity contribution in [2.45, 2.75) is 39.3 Å². The minimum Gasteiger partial charge on any atom is -0.481 e. The molecule has 1 atom stereocenters. The predicted octanol–water partition coefficient (Wildman–Crippen LogP) is 5.29. The highest BCUT2D eigenvalue weighted by Crippen LogP contribution is 2.23. The van der Waals surface area contributed by atoms with Gasteiger partial charge in [0.05, 0.1) is 11.3 Å². The van der Waals surface area contributed by atoms with Crippen molar-refractivity contribution in [1.82, 2.24) is 5.32 Å². The van der Waals surface area contributed by atoms with E-state index in [1.807, 2.05) is 75.4 Å². The van der Waals surface area contributed by atoms with Crippen LogP contribution in [0.2, 0.25) is 0 Å². The highest BCUT2D eigenvalue weighted by Gasteiger charge is 2.21. The van der Waals surface area contributed by atoms with E-state index in [2.05, 4.69) is 10.6 Å². The molecule has 5 heteroatoms. The standard InChI is InChI=1S/C26H28N2O3/c1-18(31-21-16-14-20(15-17-21)19-10-6-5-7-11-19)24(29)27-23-13-9-8-12-22(23)25(30)28-26(2,3)4/h5-18H,1-4H3,(H,27,29)(H,28,30). The van der Waals surface area contributed by atoms with Crippen LogP contribution in [-0.4, -0.2) is 23.5 Å². The molecule has 0 heterocycles. The van der Waals surface area contributed by atoms with Crippen molar-refractivity contribution in [3.63, 3.8) is 0 Å². The fourth-order valence-corrected chi connectivity index (χ4v) is 3.05. The van der Waals surface area contributed by atoms with Crippen LogP contribution in [0.25, 0.3) is 11.1 Å². The second-order valence-corrected chi connectivity index (χ2v) is 8.39. The zero-order valence-electron chi connectivity index (χ0n) is 18.3. The van der Waals surface area contributed by atoms with Crippen LogP contribution in [-0.2, 0) is 4.79 Å². The Kier molecular flexibility index (Phi) is 6.75. The number of hydrogen-bond acceptors (Lipinski definition) is 3. The molecule has 0 fully saturated rings. The molecule has 3 rings (SSSR count). The monoisotopic (exact) mass is 416 g/mol. The Morgan fingerprint density at radius 2 is 1.39 bits per heavy atom. The average Bonchev–Trinajstić information content (AvgIpc) is 2.74. The molecule has 0 aliphatic rings. The van der Waals surface area contributed by atoms with Crippen molar-refractivity contribution in [1.29, 1.82) is 0 Å². The SMILES string of the molecule is CC(Oc1ccc(-c2ccccc2)cc1)C(=O)Nc1ccccc1C(=O)NC(C)(C)C. The molecule has 160 valence electrons. The normalized spacial score (nSPS) is 12.0. The smallest absolute Gasteiger partial charge is 0.265 e. The molecule has 2 amide bonds. The van der Waals surface area contributed by atoms with E-state index in [1.165, 1.54) is 0 Å². The van der Waals surface area contributed by atoms with E-state index in [1.54, 1.807) is 31.2 Å². The Morgan fingerprint density at radius 1 is 0.806 bits per heavy atom. The largest absolute Gasteiger partial charge is 0.481 e. The van der Waals surface area contributed by atoms with Gasteiger partial charge in [0.15, 0.2) is 6.10 Å². The number of benzene rings is 3. The number of carbonyl (C=O) groups excluding carboxylic acids is 2. The van der Waals surface area contributed by atoms with Crippen LogP contribution < -0.4 is 15.4 Å². The molecule has 5 nitrogen and oxygen atoms in total. The lowest BCUT2D eigenvalue weighted by Crippen LogP contribution is -2.41. The Hall–Kier alpha value is -3.60. The van der Waals surface area contributed by atoms with E-state index in [0.717, 1.165) is 11.1 Å². The summed E-state index contributed by atoms with van der Waals surface area (Å²) in [5.41, 5.74) is 2.67. The van der Waals surface area contributed by atoms with Crippen molar-refractivity contribution < 1.29 is 14.3 Å². The van der Waals surface area contributed by atoms with Crippen LogP contribution in [0.1, 0.15) is 38.1 Å². The van der Waals surface area contributed by atoms with Gasteiger partial charge in [-0.05, 0) is 63.1 Å². The molecule has 0 saturated carbocycles. The third kappa shape index (κ3) is 6.19. The predicted molar refractivity (Wildman–Crippen MR) is 124 cm³/mol. The van der Waals surface area contributed by atoms with E-state index in [-0.39, 0.29) is 17.4 Å². The van der Waals surface area contributed by atoms with E-state index in [9.17, 15) is 9.59 Å². The third-order valence-electron chi connectivity index (χ3n) is 4.56. The van der Waals surface area contributed by atoms with Gasteiger partial charge in [0.25, 0.3) is 11.8 Å². The summed E-state index contributed by atoms with van der Waals surface area (Å²) in [6.07, 6.45) is -0.735. The lowest BCUT2D eigenvalue weighted by atomic mass is 10.1. The number of rotatable bonds is 6. The summed E-state index contributed by atoms with van der Waals surface area (Å²) in [4.78, 5) is 25.3. The van der Waals surface area contributed by atoms with Gasteiger partial charge in [-0.3, -0.25) is 9.59 Å². The Morgan fingerprint density at radius 3 is 2.03 bits per heavy atom. The first-order valence-electron chi connectivity index (χ1n) is 10.3. The minimum absolute atomic E-state index is 0.242. The molecule has 0 aliphatic heterocycles. The summed E-state index contributed by atoms with van der Waals surface area (Å²) in [6.45, 7) is 7.40. The average molecular weight is 417 g/mol. The summed E-state index contributed by atoms with van der Waals surface area (Å²) >= 11 is 0. The first kappa shape index (κ1) is 22.1. The van der Waals surface area contributed by atoms with Gasteiger partial charge >= 0.3 is 0 Å². The molecule has 0 spiro atoms. The highest BCUT2D eigenvalue weighted by molar-refractivity contribution is 6.04. The van der Waals surface area contributed by atoms with E-state index in [4.69, 9.17) is 4.74 Å². The van der Waals surface area contributed by atoms with E-state index < -0.39 is 6.10 Å². The molecule has 0 bridgehead atoms. The molecular formula is C26H28N2O3. The summed E-state index contributed by atoms with van der Waals surface area (Å²) in [6, 6.07) is 24.6. The first-order valence-corrected chi connectivity index (χ1v) is 10.3. The maximum Gasteiger partial charge on any atom is 0.265 e. The van der Waals surface area contributed by atoms with E-state index >= 15 is 0 Å². The number of ether oxygens (including phenoxy) is 1. The summed E-state index contributed by atoms with van der Waals surface area (Å²) in [5.74, 6) is 0.0257. The number of carbonyl (C=O) groups is 2. The molecule has 3 aromatic carbocycles. The topological polar surface area (TPSA) is 67.4 Å². The number of anilines is 1. The maximum atomic E-state index is 12.7. The van der Waals surface area contributed by atoms with Crippen LogP contribution in [0.3, 0.4) is 0 Å². The van der Waals surface area contributed by atoms with Crippen LogP contribution in [0.5, 0.6) is 5.75 Å². The van der Waals surface area contributed by atoms with Gasteiger partial charge in [0, 0.05) is 5.54 Å². The summed E-state index contributed by atoms with van der Waals surface area (Å²) in [7, 11) is 0. The van der Waals surface area contributed by atoms with Crippen LogP contribution in [0, 0.1) is 0 Å². The van der Waals surface area contributed by atoms with Gasteiger partial charge < -0.3 is 15.4 Å². The fraction of sp³-hybridized carbons (Fsp3) is 0.231. The summed E-state index contributed by atoms with van der Waals surface area (Å²) in [5, 5.41) is 5.73. The Bertz CT molecular complexity index is 1040. The number of amides is 2. The minimum atomic E-state index is -0.735. The van der Waals surface area contributed by atoms with Gasteiger partial charge in [0.2, 0.25) is 0 Å². The molecule has 0 aliphatic carbocycles. The fourth-order valence-electron chi connectivity index (χ4n) is 3.05. The lowest BCUT2D eigenvalue weighted by Gasteiger charge is -2.22. The van der Waals surface area contributed by atoms with Crippen molar-refractivity contribution in [3.8, 4) is 16.9 Å². The second-order valence-electron chi connectivity index (χ2n) is 8.39. The first-order chi connectivity index (χ1) is 14.7. The number of nitrogens with one attached hydrogen (secondary N) is 2. The zero-order valence-corrected chi connectivity index (χ0v) is 18.3. The Labute approximate surface area is 183 Å². The van der Waals surface area contributed by atoms with Gasteiger partial charge in [0.1, 0.15) is 5.75 Å².